The minimum Gasteiger partial charge on any atom is -0.319 e. The molecule has 0 aliphatic carbocycles. The quantitative estimate of drug-likeness (QED) is 0.640. The Morgan fingerprint density at radius 1 is 1.33 bits per heavy atom. The third-order valence-corrected chi connectivity index (χ3v) is 2.46. The first-order chi connectivity index (χ1) is 7.22. The molecule has 0 unspecified atom stereocenters. The van der Waals surface area contributed by atoms with Crippen molar-refractivity contribution in [1.29, 1.82) is 0 Å². The highest BCUT2D eigenvalue weighted by molar-refractivity contribution is 9.10. The van der Waals surface area contributed by atoms with E-state index in [1.165, 1.54) is 6.07 Å². The van der Waals surface area contributed by atoms with Gasteiger partial charge in [-0.05, 0) is 50.2 Å². The molecule has 0 saturated heterocycles. The molecule has 0 aliphatic rings. The van der Waals surface area contributed by atoms with E-state index < -0.39 is 0 Å². The van der Waals surface area contributed by atoms with Crippen LogP contribution in [0.5, 0.6) is 0 Å². The number of nitrogens with one attached hydrogen (secondary N) is 1. The molecule has 1 rings (SSSR count). The second-order valence-corrected chi connectivity index (χ2v) is 4.26. The van der Waals surface area contributed by atoms with Crippen LogP contribution in [0.3, 0.4) is 0 Å². The fourth-order valence-corrected chi connectivity index (χ4v) is 1.81. The summed E-state index contributed by atoms with van der Waals surface area (Å²) in [7, 11) is 1.93. The van der Waals surface area contributed by atoms with Crippen molar-refractivity contribution in [3.05, 3.63) is 46.2 Å². The van der Waals surface area contributed by atoms with Gasteiger partial charge in [-0.15, -0.1) is 0 Å². The molecule has 1 N–H and O–H groups in total. The van der Waals surface area contributed by atoms with E-state index in [9.17, 15) is 4.39 Å². The van der Waals surface area contributed by atoms with E-state index in [0.717, 1.165) is 29.4 Å². The molecule has 0 spiro atoms. The number of allylic oxidation sites excluding steroid dienone is 1. The first kappa shape index (κ1) is 12.4. The van der Waals surface area contributed by atoms with Crippen LogP contribution in [0.2, 0.25) is 0 Å². The molecule has 15 heavy (non-hydrogen) atoms. The largest absolute Gasteiger partial charge is 0.319 e. The van der Waals surface area contributed by atoms with Crippen LogP contribution in [0.4, 0.5) is 4.39 Å². The summed E-state index contributed by atoms with van der Waals surface area (Å²) in [6, 6.07) is 4.97. The van der Waals surface area contributed by atoms with Crippen LogP contribution in [0.1, 0.15) is 12.0 Å². The van der Waals surface area contributed by atoms with Crippen LogP contribution in [-0.2, 0) is 6.42 Å². The Bertz CT molecular complexity index is 316. The Balaban J connectivity index is 2.46. The minimum atomic E-state index is -0.192. The predicted molar refractivity (Wildman–Crippen MR) is 65.5 cm³/mol. The van der Waals surface area contributed by atoms with Gasteiger partial charge in [0.15, 0.2) is 0 Å². The van der Waals surface area contributed by atoms with Gasteiger partial charge in [-0.1, -0.05) is 28.1 Å². The predicted octanol–water partition coefficient (Wildman–Crippen LogP) is 3.30. The van der Waals surface area contributed by atoms with Crippen LogP contribution in [0.25, 0.3) is 0 Å². The first-order valence-electron chi connectivity index (χ1n) is 4.97. The van der Waals surface area contributed by atoms with Gasteiger partial charge in [0.25, 0.3) is 0 Å². The summed E-state index contributed by atoms with van der Waals surface area (Å²) in [5, 5.41) is 3.07. The summed E-state index contributed by atoms with van der Waals surface area (Å²) in [5.74, 6) is -0.192. The third-order valence-electron chi connectivity index (χ3n) is 2.00. The van der Waals surface area contributed by atoms with Gasteiger partial charge in [-0.3, -0.25) is 0 Å². The third kappa shape index (κ3) is 5.09. The Labute approximate surface area is 98.5 Å². The molecule has 0 amide bonds. The van der Waals surface area contributed by atoms with Gasteiger partial charge < -0.3 is 5.32 Å². The molecule has 0 heterocycles. The van der Waals surface area contributed by atoms with Crippen molar-refractivity contribution in [2.45, 2.75) is 12.8 Å². The van der Waals surface area contributed by atoms with E-state index in [4.69, 9.17) is 0 Å². The lowest BCUT2D eigenvalue weighted by molar-refractivity contribution is 0.625. The summed E-state index contributed by atoms with van der Waals surface area (Å²) in [4.78, 5) is 0. The molecule has 0 radical (unpaired) electrons. The van der Waals surface area contributed by atoms with Crippen molar-refractivity contribution in [2.24, 2.45) is 0 Å². The first-order valence-corrected chi connectivity index (χ1v) is 5.76. The van der Waals surface area contributed by atoms with Crippen molar-refractivity contribution < 1.29 is 4.39 Å². The maximum atomic E-state index is 13.0. The van der Waals surface area contributed by atoms with E-state index in [0.29, 0.717) is 0 Å². The van der Waals surface area contributed by atoms with Gasteiger partial charge in [0.05, 0.1) is 0 Å². The van der Waals surface area contributed by atoms with Crippen LogP contribution in [0, 0.1) is 5.82 Å². The Hall–Kier alpha value is -0.670. The Morgan fingerprint density at radius 2 is 2.13 bits per heavy atom. The van der Waals surface area contributed by atoms with Gasteiger partial charge in [-0.2, -0.15) is 0 Å². The molecule has 0 fully saturated rings. The number of hydrogen-bond donors (Lipinski definition) is 1. The monoisotopic (exact) mass is 271 g/mol. The van der Waals surface area contributed by atoms with E-state index in [1.54, 1.807) is 6.07 Å². The van der Waals surface area contributed by atoms with Gasteiger partial charge >= 0.3 is 0 Å². The lowest BCUT2D eigenvalue weighted by Gasteiger charge is -1.98. The molecule has 82 valence electrons. The number of hydrogen-bond acceptors (Lipinski definition) is 1. The van der Waals surface area contributed by atoms with Crippen molar-refractivity contribution in [2.75, 3.05) is 13.6 Å². The average Bonchev–Trinajstić information content (AvgIpc) is 2.16. The minimum absolute atomic E-state index is 0.192. The van der Waals surface area contributed by atoms with Gasteiger partial charge in [0.2, 0.25) is 0 Å². The van der Waals surface area contributed by atoms with Crippen molar-refractivity contribution in [1.82, 2.24) is 5.32 Å². The lowest BCUT2D eigenvalue weighted by Crippen LogP contribution is -2.05. The molecule has 0 aromatic heterocycles. The van der Waals surface area contributed by atoms with Crippen LogP contribution in [-0.4, -0.2) is 13.6 Å². The molecule has 1 nitrogen and oxygen atoms in total. The summed E-state index contributed by atoms with van der Waals surface area (Å²) < 4.78 is 13.8. The topological polar surface area (TPSA) is 12.0 Å². The highest BCUT2D eigenvalue weighted by atomic mass is 79.9. The molecule has 0 atom stereocenters. The smallest absolute Gasteiger partial charge is 0.124 e. The SMILES string of the molecule is CNCCC=CCc1cc(F)cc(Br)c1. The summed E-state index contributed by atoms with van der Waals surface area (Å²) in [5.41, 5.74) is 0.989. The number of benzene rings is 1. The van der Waals surface area contributed by atoms with E-state index in [1.807, 2.05) is 13.1 Å². The normalized spacial score (nSPS) is 11.1. The van der Waals surface area contributed by atoms with Crippen molar-refractivity contribution >= 4 is 15.9 Å². The lowest BCUT2D eigenvalue weighted by atomic mass is 10.1. The Kier molecular flexibility index (Phi) is 5.58. The zero-order chi connectivity index (χ0) is 11.1. The Morgan fingerprint density at radius 3 is 2.80 bits per heavy atom. The molecule has 3 heteroatoms. The van der Waals surface area contributed by atoms with Crippen molar-refractivity contribution in [3.63, 3.8) is 0 Å². The standard InChI is InChI=1S/C12H15BrFN/c1-15-6-4-2-3-5-10-7-11(13)9-12(14)8-10/h2-3,7-9,15H,4-6H2,1H3. The molecule has 1 aromatic carbocycles. The highest BCUT2D eigenvalue weighted by Gasteiger charge is 1.96. The number of rotatable bonds is 5. The average molecular weight is 272 g/mol. The van der Waals surface area contributed by atoms with Crippen molar-refractivity contribution in [3.8, 4) is 0 Å². The molecule has 1 aromatic rings. The van der Waals surface area contributed by atoms with E-state index >= 15 is 0 Å². The molecule has 0 aliphatic heterocycles. The molecule has 0 bridgehead atoms. The van der Waals surface area contributed by atoms with Gasteiger partial charge in [-0.25, -0.2) is 4.39 Å². The maximum absolute atomic E-state index is 13.0. The van der Waals surface area contributed by atoms with Crippen LogP contribution >= 0.6 is 15.9 Å². The van der Waals surface area contributed by atoms with E-state index in [-0.39, 0.29) is 5.82 Å². The summed E-state index contributed by atoms with van der Waals surface area (Å²) in [6.45, 7) is 0.976. The zero-order valence-electron chi connectivity index (χ0n) is 8.76. The second-order valence-electron chi connectivity index (χ2n) is 3.35. The van der Waals surface area contributed by atoms with Crippen LogP contribution < -0.4 is 5.32 Å². The molecular weight excluding hydrogens is 257 g/mol. The summed E-state index contributed by atoms with van der Waals surface area (Å²) >= 11 is 3.27. The zero-order valence-corrected chi connectivity index (χ0v) is 10.3. The maximum Gasteiger partial charge on any atom is 0.124 e. The molecule has 0 saturated carbocycles. The highest BCUT2D eigenvalue weighted by Crippen LogP contribution is 2.15. The van der Waals surface area contributed by atoms with Gasteiger partial charge in [0, 0.05) is 4.47 Å². The van der Waals surface area contributed by atoms with E-state index in [2.05, 4.69) is 33.4 Å². The summed E-state index contributed by atoms with van der Waals surface area (Å²) in [6.07, 6.45) is 5.96. The fraction of sp³-hybridized carbons (Fsp3) is 0.333. The second kappa shape index (κ2) is 6.75. The molecular formula is C12H15BrFN. The fourth-order valence-electron chi connectivity index (χ4n) is 1.29. The van der Waals surface area contributed by atoms with Crippen LogP contribution in [0.15, 0.2) is 34.8 Å². The van der Waals surface area contributed by atoms with Gasteiger partial charge in [0.1, 0.15) is 5.82 Å². The number of halogens is 2.